The zero-order chi connectivity index (χ0) is 9.84. The molecule has 1 rings (SSSR count). The number of phenolic OH excluding ortho intramolecular Hbond substituents is 2. The molecule has 3 N–H and O–H groups in total. The third-order valence-corrected chi connectivity index (χ3v) is 2.00. The van der Waals surface area contributed by atoms with E-state index in [0.717, 1.165) is 18.5 Å². The maximum Gasteiger partial charge on any atom is 0.160 e. The van der Waals surface area contributed by atoms with Gasteiger partial charge in [0.25, 0.3) is 0 Å². The predicted molar refractivity (Wildman–Crippen MR) is 52.1 cm³/mol. The van der Waals surface area contributed by atoms with E-state index in [1.54, 1.807) is 13.0 Å². The van der Waals surface area contributed by atoms with Crippen LogP contribution in [0.3, 0.4) is 0 Å². The highest BCUT2D eigenvalue weighted by molar-refractivity contribution is 5.46. The summed E-state index contributed by atoms with van der Waals surface area (Å²) in [7, 11) is 1.88. The summed E-state index contributed by atoms with van der Waals surface area (Å²) in [6.07, 6.45) is 0.852. The van der Waals surface area contributed by atoms with E-state index in [4.69, 9.17) is 0 Å². The van der Waals surface area contributed by atoms with Crippen LogP contribution < -0.4 is 5.32 Å². The average Bonchev–Trinajstić information content (AvgIpc) is 2.10. The first-order chi connectivity index (χ1) is 6.15. The summed E-state index contributed by atoms with van der Waals surface area (Å²) >= 11 is 0. The van der Waals surface area contributed by atoms with Crippen molar-refractivity contribution in [3.05, 3.63) is 23.3 Å². The standard InChI is InChI=1S/C10H15NO2/c1-7-5-8(3-4-11-2)6-9(12)10(7)13/h5-6,11-13H,3-4H2,1-2H3. The second-order valence-corrected chi connectivity index (χ2v) is 3.13. The quantitative estimate of drug-likeness (QED) is 0.613. The van der Waals surface area contributed by atoms with Gasteiger partial charge in [0.05, 0.1) is 0 Å². The van der Waals surface area contributed by atoms with E-state index >= 15 is 0 Å². The van der Waals surface area contributed by atoms with Crippen LogP contribution in [0.2, 0.25) is 0 Å². The van der Waals surface area contributed by atoms with Crippen molar-refractivity contribution in [3.8, 4) is 11.5 Å². The minimum atomic E-state index is -0.0360. The molecule has 0 saturated carbocycles. The van der Waals surface area contributed by atoms with Crippen LogP contribution in [0.4, 0.5) is 0 Å². The molecule has 0 radical (unpaired) electrons. The number of aromatic hydroxyl groups is 2. The summed E-state index contributed by atoms with van der Waals surface area (Å²) in [5, 5.41) is 21.6. The van der Waals surface area contributed by atoms with Gasteiger partial charge in [0.15, 0.2) is 11.5 Å². The molecule has 0 aliphatic carbocycles. The van der Waals surface area contributed by atoms with Crippen LogP contribution >= 0.6 is 0 Å². The summed E-state index contributed by atoms with van der Waals surface area (Å²) in [5.41, 5.74) is 1.74. The van der Waals surface area contributed by atoms with Crippen LogP contribution in [-0.4, -0.2) is 23.8 Å². The molecule has 0 aromatic heterocycles. The van der Waals surface area contributed by atoms with Gasteiger partial charge in [0, 0.05) is 0 Å². The van der Waals surface area contributed by atoms with Crippen molar-refractivity contribution in [3.63, 3.8) is 0 Å². The lowest BCUT2D eigenvalue weighted by Gasteiger charge is -2.06. The lowest BCUT2D eigenvalue weighted by molar-refractivity contribution is 0.400. The minimum Gasteiger partial charge on any atom is -0.504 e. The first-order valence-electron chi connectivity index (χ1n) is 4.31. The molecule has 3 heteroatoms. The van der Waals surface area contributed by atoms with Crippen molar-refractivity contribution in [1.82, 2.24) is 5.32 Å². The van der Waals surface area contributed by atoms with Gasteiger partial charge in [-0.15, -0.1) is 0 Å². The van der Waals surface area contributed by atoms with Gasteiger partial charge in [-0.1, -0.05) is 6.07 Å². The molecule has 0 bridgehead atoms. The molecule has 0 spiro atoms. The van der Waals surface area contributed by atoms with Crippen LogP contribution in [0.1, 0.15) is 11.1 Å². The Morgan fingerprint density at radius 3 is 2.54 bits per heavy atom. The van der Waals surface area contributed by atoms with Gasteiger partial charge in [0.2, 0.25) is 0 Å². The lowest BCUT2D eigenvalue weighted by atomic mass is 10.1. The Labute approximate surface area is 78.0 Å². The largest absolute Gasteiger partial charge is 0.504 e. The Morgan fingerprint density at radius 1 is 1.31 bits per heavy atom. The molecule has 0 amide bonds. The van der Waals surface area contributed by atoms with E-state index in [0.29, 0.717) is 5.56 Å². The molecule has 1 aromatic carbocycles. The van der Waals surface area contributed by atoms with Gasteiger partial charge in [-0.05, 0) is 44.1 Å². The topological polar surface area (TPSA) is 52.5 Å². The summed E-state index contributed by atoms with van der Waals surface area (Å²) in [6.45, 7) is 2.64. The van der Waals surface area contributed by atoms with Gasteiger partial charge in [-0.2, -0.15) is 0 Å². The fourth-order valence-corrected chi connectivity index (χ4v) is 1.25. The highest BCUT2D eigenvalue weighted by Crippen LogP contribution is 2.29. The predicted octanol–water partition coefficient (Wildman–Crippen LogP) is 1.17. The number of phenols is 2. The second-order valence-electron chi connectivity index (χ2n) is 3.13. The number of benzene rings is 1. The van der Waals surface area contributed by atoms with E-state index in [9.17, 15) is 10.2 Å². The fraction of sp³-hybridized carbons (Fsp3) is 0.400. The van der Waals surface area contributed by atoms with Crippen molar-refractivity contribution in [2.45, 2.75) is 13.3 Å². The van der Waals surface area contributed by atoms with E-state index in [2.05, 4.69) is 5.32 Å². The maximum atomic E-state index is 9.31. The van der Waals surface area contributed by atoms with Crippen LogP contribution in [-0.2, 0) is 6.42 Å². The summed E-state index contributed by atoms with van der Waals surface area (Å²) in [6, 6.07) is 3.48. The molecule has 0 atom stereocenters. The van der Waals surface area contributed by atoms with E-state index in [-0.39, 0.29) is 11.5 Å². The number of hydrogen-bond donors (Lipinski definition) is 3. The lowest BCUT2D eigenvalue weighted by Crippen LogP contribution is -2.10. The van der Waals surface area contributed by atoms with Crippen LogP contribution in [0.5, 0.6) is 11.5 Å². The molecule has 0 saturated heterocycles. The van der Waals surface area contributed by atoms with Crippen molar-refractivity contribution in [2.24, 2.45) is 0 Å². The molecule has 72 valence electrons. The molecule has 0 heterocycles. The maximum absolute atomic E-state index is 9.31. The zero-order valence-corrected chi connectivity index (χ0v) is 7.96. The summed E-state index contributed by atoms with van der Waals surface area (Å²) in [5.74, 6) is -0.0562. The second kappa shape index (κ2) is 4.14. The van der Waals surface area contributed by atoms with Gasteiger partial charge in [-0.25, -0.2) is 0 Å². The highest BCUT2D eigenvalue weighted by atomic mass is 16.3. The van der Waals surface area contributed by atoms with E-state index in [1.165, 1.54) is 0 Å². The summed E-state index contributed by atoms with van der Waals surface area (Å²) in [4.78, 5) is 0. The molecule has 0 aliphatic rings. The van der Waals surface area contributed by atoms with E-state index in [1.807, 2.05) is 13.1 Å². The Bertz CT molecular complexity index is 274. The number of rotatable bonds is 3. The van der Waals surface area contributed by atoms with Gasteiger partial charge in [-0.3, -0.25) is 0 Å². The number of aryl methyl sites for hydroxylation is 1. The Balaban J connectivity index is 2.86. The first-order valence-corrected chi connectivity index (χ1v) is 4.31. The van der Waals surface area contributed by atoms with Gasteiger partial charge in [0.1, 0.15) is 0 Å². The molecule has 0 unspecified atom stereocenters. The molecular weight excluding hydrogens is 166 g/mol. The van der Waals surface area contributed by atoms with E-state index < -0.39 is 0 Å². The Hall–Kier alpha value is -1.22. The highest BCUT2D eigenvalue weighted by Gasteiger charge is 2.04. The zero-order valence-electron chi connectivity index (χ0n) is 7.96. The van der Waals surface area contributed by atoms with Crippen LogP contribution in [0, 0.1) is 6.92 Å². The average molecular weight is 181 g/mol. The molecule has 13 heavy (non-hydrogen) atoms. The smallest absolute Gasteiger partial charge is 0.160 e. The fourth-order valence-electron chi connectivity index (χ4n) is 1.25. The number of likely N-dealkylation sites (N-methyl/N-ethyl adjacent to an activating group) is 1. The molecule has 0 aliphatic heterocycles. The van der Waals surface area contributed by atoms with Crippen molar-refractivity contribution < 1.29 is 10.2 Å². The van der Waals surface area contributed by atoms with Gasteiger partial charge >= 0.3 is 0 Å². The number of nitrogens with one attached hydrogen (secondary N) is 1. The van der Waals surface area contributed by atoms with Gasteiger partial charge < -0.3 is 15.5 Å². The first kappa shape index (κ1) is 9.86. The Morgan fingerprint density at radius 2 is 2.00 bits per heavy atom. The van der Waals surface area contributed by atoms with Crippen molar-refractivity contribution in [2.75, 3.05) is 13.6 Å². The summed E-state index contributed by atoms with van der Waals surface area (Å²) < 4.78 is 0. The van der Waals surface area contributed by atoms with Crippen LogP contribution in [0.15, 0.2) is 12.1 Å². The monoisotopic (exact) mass is 181 g/mol. The third kappa shape index (κ3) is 2.36. The Kier molecular flexibility index (Phi) is 3.14. The molecule has 0 fully saturated rings. The van der Waals surface area contributed by atoms with Crippen molar-refractivity contribution in [1.29, 1.82) is 0 Å². The SMILES string of the molecule is CNCCc1cc(C)c(O)c(O)c1. The molecular formula is C10H15NO2. The van der Waals surface area contributed by atoms with Crippen molar-refractivity contribution >= 4 is 0 Å². The molecule has 3 nitrogen and oxygen atoms in total. The third-order valence-electron chi connectivity index (χ3n) is 2.00. The number of hydrogen-bond acceptors (Lipinski definition) is 3. The molecule has 1 aromatic rings. The normalized spacial score (nSPS) is 10.3. The minimum absolute atomic E-state index is 0.0202. The van der Waals surface area contributed by atoms with Crippen LogP contribution in [0.25, 0.3) is 0 Å².